The molecule has 0 saturated carbocycles. The smallest absolute Gasteiger partial charge is 0.123 e. The first kappa shape index (κ1) is 12.6. The van der Waals surface area contributed by atoms with Gasteiger partial charge in [0.25, 0.3) is 0 Å². The molecule has 0 bridgehead atoms. The van der Waals surface area contributed by atoms with Crippen LogP contribution in [0, 0.1) is 11.7 Å². The number of ether oxygens (including phenoxy) is 1. The molecule has 20 heavy (non-hydrogen) atoms. The standard InChI is InChI=1S/C16H21FN2O/c17-13-3-4-16-12(6-13)7-14(20-16)9-19-8-11-2-1-5-18-15(11)10-19/h3-4,6,11,14-15,18H,1-2,5,7-10H2. The third kappa shape index (κ3) is 2.31. The Balaban J connectivity index is 1.37. The van der Waals surface area contributed by atoms with Crippen molar-refractivity contribution in [2.45, 2.75) is 31.4 Å². The first-order chi connectivity index (χ1) is 9.78. The number of rotatable bonds is 2. The Kier molecular flexibility index (Phi) is 3.15. The van der Waals surface area contributed by atoms with E-state index in [0.29, 0.717) is 6.04 Å². The van der Waals surface area contributed by atoms with E-state index in [0.717, 1.165) is 36.7 Å². The van der Waals surface area contributed by atoms with Crippen LogP contribution in [0.4, 0.5) is 4.39 Å². The molecule has 0 amide bonds. The molecule has 1 aromatic carbocycles. The van der Waals surface area contributed by atoms with E-state index in [4.69, 9.17) is 4.74 Å². The van der Waals surface area contributed by atoms with Crippen molar-refractivity contribution in [1.82, 2.24) is 10.2 Å². The molecule has 3 heterocycles. The van der Waals surface area contributed by atoms with E-state index in [9.17, 15) is 4.39 Å². The van der Waals surface area contributed by atoms with Gasteiger partial charge in [0, 0.05) is 37.7 Å². The number of benzene rings is 1. The normalized spacial score (nSPS) is 32.8. The highest BCUT2D eigenvalue weighted by atomic mass is 19.1. The van der Waals surface area contributed by atoms with Crippen LogP contribution in [0.25, 0.3) is 0 Å². The molecule has 3 nitrogen and oxygen atoms in total. The summed E-state index contributed by atoms with van der Waals surface area (Å²) in [5.74, 6) is 1.51. The van der Waals surface area contributed by atoms with Crippen molar-refractivity contribution >= 4 is 0 Å². The van der Waals surface area contributed by atoms with Crippen LogP contribution in [-0.4, -0.2) is 43.2 Å². The van der Waals surface area contributed by atoms with Gasteiger partial charge in [-0.15, -0.1) is 0 Å². The molecule has 0 aromatic heterocycles. The van der Waals surface area contributed by atoms with Crippen molar-refractivity contribution < 1.29 is 9.13 Å². The molecule has 3 aliphatic heterocycles. The number of hydrogen-bond donors (Lipinski definition) is 1. The SMILES string of the molecule is Fc1ccc2c(c1)CC(CN1CC3CCCNC3C1)O2. The minimum Gasteiger partial charge on any atom is -0.488 e. The topological polar surface area (TPSA) is 24.5 Å². The van der Waals surface area contributed by atoms with Crippen molar-refractivity contribution in [2.75, 3.05) is 26.2 Å². The largest absolute Gasteiger partial charge is 0.488 e. The molecule has 0 spiro atoms. The van der Waals surface area contributed by atoms with Gasteiger partial charge in [0.2, 0.25) is 0 Å². The lowest BCUT2D eigenvalue weighted by Crippen LogP contribution is -2.41. The molecule has 2 saturated heterocycles. The molecule has 4 rings (SSSR count). The van der Waals surface area contributed by atoms with E-state index in [1.165, 1.54) is 32.0 Å². The second kappa shape index (κ2) is 5.01. The van der Waals surface area contributed by atoms with E-state index < -0.39 is 0 Å². The third-order valence-electron chi connectivity index (χ3n) is 4.90. The molecule has 4 heteroatoms. The van der Waals surface area contributed by atoms with Gasteiger partial charge in [-0.25, -0.2) is 4.39 Å². The molecule has 0 aliphatic carbocycles. The maximum Gasteiger partial charge on any atom is 0.123 e. The van der Waals surface area contributed by atoms with Gasteiger partial charge in [-0.05, 0) is 43.5 Å². The zero-order valence-electron chi connectivity index (χ0n) is 11.6. The Morgan fingerprint density at radius 2 is 2.30 bits per heavy atom. The van der Waals surface area contributed by atoms with Crippen molar-refractivity contribution in [1.29, 1.82) is 0 Å². The molecule has 108 valence electrons. The van der Waals surface area contributed by atoms with Gasteiger partial charge < -0.3 is 10.1 Å². The highest BCUT2D eigenvalue weighted by Gasteiger charge is 2.36. The maximum absolute atomic E-state index is 13.2. The molecule has 3 aliphatic rings. The Morgan fingerprint density at radius 3 is 3.20 bits per heavy atom. The lowest BCUT2D eigenvalue weighted by Gasteiger charge is -2.24. The fourth-order valence-corrected chi connectivity index (χ4v) is 3.96. The van der Waals surface area contributed by atoms with Crippen LogP contribution >= 0.6 is 0 Å². The van der Waals surface area contributed by atoms with E-state index in [1.807, 2.05) is 0 Å². The lowest BCUT2D eigenvalue weighted by atomic mass is 9.94. The predicted molar refractivity (Wildman–Crippen MR) is 75.5 cm³/mol. The van der Waals surface area contributed by atoms with Gasteiger partial charge in [0.15, 0.2) is 0 Å². The number of hydrogen-bond acceptors (Lipinski definition) is 3. The van der Waals surface area contributed by atoms with Gasteiger partial charge >= 0.3 is 0 Å². The van der Waals surface area contributed by atoms with Crippen molar-refractivity contribution in [3.8, 4) is 5.75 Å². The molecular formula is C16H21FN2O. The summed E-state index contributed by atoms with van der Waals surface area (Å²) in [6.45, 7) is 4.45. The molecule has 0 radical (unpaired) electrons. The van der Waals surface area contributed by atoms with Crippen molar-refractivity contribution in [3.63, 3.8) is 0 Å². The van der Waals surface area contributed by atoms with Crippen LogP contribution in [0.3, 0.4) is 0 Å². The van der Waals surface area contributed by atoms with Crippen molar-refractivity contribution in [3.05, 3.63) is 29.6 Å². The highest BCUT2D eigenvalue weighted by Crippen LogP contribution is 2.31. The van der Waals surface area contributed by atoms with Gasteiger partial charge in [-0.3, -0.25) is 4.90 Å². The number of nitrogens with zero attached hydrogens (tertiary/aromatic N) is 1. The summed E-state index contributed by atoms with van der Waals surface area (Å²) >= 11 is 0. The monoisotopic (exact) mass is 276 g/mol. The number of halogens is 1. The summed E-state index contributed by atoms with van der Waals surface area (Å²) in [5.41, 5.74) is 1.02. The zero-order chi connectivity index (χ0) is 13.5. The van der Waals surface area contributed by atoms with Crippen LogP contribution in [0.5, 0.6) is 5.75 Å². The van der Waals surface area contributed by atoms with Crippen molar-refractivity contribution in [2.24, 2.45) is 5.92 Å². The molecule has 3 atom stereocenters. The molecule has 1 aromatic rings. The first-order valence-corrected chi connectivity index (χ1v) is 7.69. The first-order valence-electron chi connectivity index (χ1n) is 7.69. The Bertz CT molecular complexity index is 493. The van der Waals surface area contributed by atoms with Gasteiger partial charge in [-0.1, -0.05) is 0 Å². The molecule has 1 N–H and O–H groups in total. The van der Waals surface area contributed by atoms with Gasteiger partial charge in [-0.2, -0.15) is 0 Å². The molecule has 3 unspecified atom stereocenters. The van der Waals surface area contributed by atoms with Crippen LogP contribution in [0.1, 0.15) is 18.4 Å². The summed E-state index contributed by atoms with van der Waals surface area (Å²) in [6.07, 6.45) is 3.68. The van der Waals surface area contributed by atoms with E-state index in [-0.39, 0.29) is 11.9 Å². The fourth-order valence-electron chi connectivity index (χ4n) is 3.96. The highest BCUT2D eigenvalue weighted by molar-refractivity contribution is 5.37. The fraction of sp³-hybridized carbons (Fsp3) is 0.625. The minimum atomic E-state index is -0.163. The quantitative estimate of drug-likeness (QED) is 0.891. The minimum absolute atomic E-state index is 0.163. The summed E-state index contributed by atoms with van der Waals surface area (Å²) in [7, 11) is 0. The molecule has 2 fully saturated rings. The van der Waals surface area contributed by atoms with Crippen LogP contribution in [-0.2, 0) is 6.42 Å². The Hall–Kier alpha value is -1.13. The second-order valence-electron chi connectivity index (χ2n) is 6.38. The summed E-state index contributed by atoms with van der Waals surface area (Å²) in [6, 6.07) is 5.52. The average molecular weight is 276 g/mol. The molecular weight excluding hydrogens is 255 g/mol. The Morgan fingerprint density at radius 1 is 1.35 bits per heavy atom. The number of piperidine rings is 1. The van der Waals surface area contributed by atoms with Gasteiger partial charge in [0.1, 0.15) is 17.7 Å². The number of likely N-dealkylation sites (tertiary alicyclic amines) is 1. The zero-order valence-corrected chi connectivity index (χ0v) is 11.6. The van der Waals surface area contributed by atoms with Crippen LogP contribution in [0.2, 0.25) is 0 Å². The second-order valence-corrected chi connectivity index (χ2v) is 6.38. The van der Waals surface area contributed by atoms with Gasteiger partial charge in [0.05, 0.1) is 0 Å². The van der Waals surface area contributed by atoms with E-state index >= 15 is 0 Å². The van der Waals surface area contributed by atoms with Crippen LogP contribution < -0.4 is 10.1 Å². The summed E-state index contributed by atoms with van der Waals surface area (Å²) in [5, 5.41) is 3.63. The number of fused-ring (bicyclic) bond motifs is 2. The number of nitrogens with one attached hydrogen (secondary N) is 1. The summed E-state index contributed by atoms with van der Waals surface area (Å²) in [4.78, 5) is 2.51. The lowest BCUT2D eigenvalue weighted by molar-refractivity contribution is 0.165. The van der Waals surface area contributed by atoms with Crippen LogP contribution in [0.15, 0.2) is 18.2 Å². The van der Waals surface area contributed by atoms with E-state index in [1.54, 1.807) is 12.1 Å². The predicted octanol–water partition coefficient (Wildman–Crippen LogP) is 1.81. The average Bonchev–Trinajstić information content (AvgIpc) is 3.00. The Labute approximate surface area is 119 Å². The summed E-state index contributed by atoms with van der Waals surface area (Å²) < 4.78 is 19.2. The maximum atomic E-state index is 13.2. The van der Waals surface area contributed by atoms with E-state index in [2.05, 4.69) is 10.2 Å². The third-order valence-corrected chi connectivity index (χ3v) is 4.90.